The van der Waals surface area contributed by atoms with Gasteiger partial charge < -0.3 is 9.68 Å². The number of oxime groups is 2. The van der Waals surface area contributed by atoms with Crippen LogP contribution in [0.1, 0.15) is 25.8 Å². The highest BCUT2D eigenvalue weighted by molar-refractivity contribution is 6.34. The van der Waals surface area contributed by atoms with Crippen molar-refractivity contribution >= 4 is 23.0 Å². The monoisotopic (exact) mass is 438 g/mol. The Kier molecular flexibility index (Phi) is 5.42. The van der Waals surface area contributed by atoms with Gasteiger partial charge in [0.2, 0.25) is 5.62 Å². The third kappa shape index (κ3) is 3.34. The molecule has 1 aliphatic rings. The Hall–Kier alpha value is -3.21. The average Bonchev–Trinajstić information content (AvgIpc) is 3.10. The first kappa shape index (κ1) is 21.5. The van der Waals surface area contributed by atoms with Crippen molar-refractivity contribution in [3.8, 4) is 5.69 Å². The van der Waals surface area contributed by atoms with Crippen LogP contribution in [-0.2, 0) is 23.8 Å². The van der Waals surface area contributed by atoms with Gasteiger partial charge in [0.25, 0.3) is 0 Å². The van der Waals surface area contributed by atoms with Gasteiger partial charge in [-0.05, 0) is 26.0 Å². The quantitative estimate of drug-likeness (QED) is 0.567. The van der Waals surface area contributed by atoms with Gasteiger partial charge in [-0.25, -0.2) is 18.5 Å². The van der Waals surface area contributed by atoms with Crippen LogP contribution in [0, 0.1) is 11.2 Å². The zero-order valence-electron chi connectivity index (χ0n) is 17.0. The van der Waals surface area contributed by atoms with E-state index in [0.29, 0.717) is 21.6 Å². The van der Waals surface area contributed by atoms with E-state index in [1.54, 1.807) is 13.8 Å². The first-order valence-corrected chi connectivity index (χ1v) is 9.16. The maximum absolute atomic E-state index is 14.8. The summed E-state index contributed by atoms with van der Waals surface area (Å²) in [7, 11) is 4.04. The molecule has 30 heavy (non-hydrogen) atoms. The third-order valence-electron chi connectivity index (χ3n) is 5.04. The molecule has 1 aromatic carbocycles. The zero-order chi connectivity index (χ0) is 22.4. The van der Waals surface area contributed by atoms with Crippen molar-refractivity contribution in [2.45, 2.75) is 25.9 Å². The van der Waals surface area contributed by atoms with E-state index < -0.39 is 22.8 Å². The van der Waals surface area contributed by atoms with Gasteiger partial charge in [0.1, 0.15) is 18.6 Å². The van der Waals surface area contributed by atoms with Crippen molar-refractivity contribution in [2.24, 2.45) is 24.4 Å². The van der Waals surface area contributed by atoms with E-state index in [-0.39, 0.29) is 22.7 Å². The molecule has 2 aromatic rings. The fourth-order valence-electron chi connectivity index (χ4n) is 3.04. The Morgan fingerprint density at radius 2 is 1.93 bits per heavy atom. The lowest BCUT2D eigenvalue weighted by Gasteiger charge is -2.20. The lowest BCUT2D eigenvalue weighted by molar-refractivity contribution is 0.0478. The maximum atomic E-state index is 14.8. The van der Waals surface area contributed by atoms with Crippen LogP contribution in [0.15, 0.2) is 32.0 Å². The Morgan fingerprint density at radius 1 is 1.33 bits per heavy atom. The van der Waals surface area contributed by atoms with Crippen LogP contribution in [0.3, 0.4) is 0 Å². The standard InChI is InChI=1S/C18H20ClFN6O4/c1-9(22-29-5)18(2)8-13(23-30-18)10-6-14(12(20)7-11(10)19)26-16(27)24(3)15(21)25(4)17(26)28/h6-7,21H,8H2,1-5H3/b22-9+. The van der Waals surface area contributed by atoms with Gasteiger partial charge in [0.05, 0.1) is 16.4 Å². The number of hydrogen-bond donors (Lipinski definition) is 1. The van der Waals surface area contributed by atoms with Crippen molar-refractivity contribution in [3.63, 3.8) is 0 Å². The number of aromatic nitrogens is 3. The molecule has 12 heteroatoms. The van der Waals surface area contributed by atoms with E-state index in [2.05, 4.69) is 10.3 Å². The lowest BCUT2D eigenvalue weighted by Crippen LogP contribution is -2.52. The van der Waals surface area contributed by atoms with Crippen molar-refractivity contribution < 1.29 is 14.1 Å². The van der Waals surface area contributed by atoms with Gasteiger partial charge in [0, 0.05) is 26.1 Å². The second-order valence-corrected chi connectivity index (χ2v) is 7.43. The van der Waals surface area contributed by atoms with E-state index in [4.69, 9.17) is 26.7 Å². The molecule has 0 radical (unpaired) electrons. The molecule has 1 aromatic heterocycles. The Morgan fingerprint density at radius 3 is 2.50 bits per heavy atom. The summed E-state index contributed by atoms with van der Waals surface area (Å²) < 4.78 is 17.2. The van der Waals surface area contributed by atoms with Crippen LogP contribution in [0.4, 0.5) is 4.39 Å². The number of nitrogens with one attached hydrogen (secondary N) is 1. The predicted octanol–water partition coefficient (Wildman–Crippen LogP) is 1.05. The van der Waals surface area contributed by atoms with Gasteiger partial charge in [0.15, 0.2) is 5.60 Å². The summed E-state index contributed by atoms with van der Waals surface area (Å²) in [5, 5.41) is 15.8. The minimum absolute atomic E-state index is 0.0375. The predicted molar refractivity (Wildman–Crippen MR) is 108 cm³/mol. The van der Waals surface area contributed by atoms with Crippen molar-refractivity contribution in [2.75, 3.05) is 7.11 Å². The van der Waals surface area contributed by atoms with Crippen LogP contribution < -0.4 is 17.0 Å². The second-order valence-electron chi connectivity index (χ2n) is 7.02. The Labute approximate surface area is 174 Å². The van der Waals surface area contributed by atoms with Crippen LogP contribution >= 0.6 is 11.6 Å². The van der Waals surface area contributed by atoms with E-state index >= 15 is 0 Å². The number of benzene rings is 1. The highest BCUT2D eigenvalue weighted by atomic mass is 35.5. The maximum Gasteiger partial charge on any atom is 0.339 e. The Bertz CT molecular complexity index is 1230. The summed E-state index contributed by atoms with van der Waals surface area (Å²) in [4.78, 5) is 35.5. The topological polar surface area (TPSA) is 116 Å². The molecule has 10 nitrogen and oxygen atoms in total. The molecule has 160 valence electrons. The van der Waals surface area contributed by atoms with E-state index in [9.17, 15) is 14.0 Å². The normalized spacial score (nSPS) is 18.9. The first-order chi connectivity index (χ1) is 14.0. The molecule has 0 fully saturated rings. The minimum atomic E-state index is -0.893. The van der Waals surface area contributed by atoms with Crippen LogP contribution in [0.2, 0.25) is 5.02 Å². The molecular weight excluding hydrogens is 419 g/mol. The number of hydrogen-bond acceptors (Lipinski definition) is 7. The Balaban J connectivity index is 2.18. The smallest absolute Gasteiger partial charge is 0.339 e. The largest absolute Gasteiger partial charge is 0.399 e. The van der Waals surface area contributed by atoms with Crippen molar-refractivity contribution in [1.82, 2.24) is 13.7 Å². The number of halogens is 2. The molecule has 0 bridgehead atoms. The molecule has 2 heterocycles. The summed E-state index contributed by atoms with van der Waals surface area (Å²) in [6, 6.07) is 2.27. The molecule has 1 atom stereocenters. The molecule has 1 unspecified atom stereocenters. The molecule has 1 N–H and O–H groups in total. The number of rotatable bonds is 4. The van der Waals surface area contributed by atoms with Crippen LogP contribution in [-0.4, -0.2) is 37.8 Å². The third-order valence-corrected chi connectivity index (χ3v) is 5.35. The second kappa shape index (κ2) is 7.56. The van der Waals surface area contributed by atoms with Gasteiger partial charge in [-0.2, -0.15) is 0 Å². The molecule has 3 rings (SSSR count). The van der Waals surface area contributed by atoms with Gasteiger partial charge in [-0.3, -0.25) is 14.5 Å². The fourth-order valence-corrected chi connectivity index (χ4v) is 3.30. The molecular formula is C18H20ClFN6O4. The molecule has 0 aliphatic carbocycles. The minimum Gasteiger partial charge on any atom is -0.399 e. The first-order valence-electron chi connectivity index (χ1n) is 8.78. The summed E-state index contributed by atoms with van der Waals surface area (Å²) in [5.74, 6) is -0.875. The van der Waals surface area contributed by atoms with Crippen molar-refractivity contribution in [1.29, 1.82) is 5.41 Å². The number of nitrogens with zero attached hydrogens (tertiary/aromatic N) is 5. The highest BCUT2D eigenvalue weighted by Gasteiger charge is 2.39. The summed E-state index contributed by atoms with van der Waals surface area (Å²) >= 11 is 6.23. The van der Waals surface area contributed by atoms with E-state index in [1.807, 2.05) is 0 Å². The van der Waals surface area contributed by atoms with Gasteiger partial charge >= 0.3 is 11.4 Å². The van der Waals surface area contributed by atoms with Crippen LogP contribution in [0.25, 0.3) is 5.69 Å². The van der Waals surface area contributed by atoms with E-state index in [1.165, 1.54) is 27.3 Å². The lowest BCUT2D eigenvalue weighted by atomic mass is 9.92. The summed E-state index contributed by atoms with van der Waals surface area (Å²) in [6.07, 6.45) is 0.253. The van der Waals surface area contributed by atoms with E-state index in [0.717, 1.165) is 15.2 Å². The fraction of sp³-hybridized carbons (Fsp3) is 0.389. The molecule has 0 amide bonds. The summed E-state index contributed by atoms with van der Waals surface area (Å²) in [6.45, 7) is 3.47. The summed E-state index contributed by atoms with van der Waals surface area (Å²) in [5.41, 5.74) is -2.04. The van der Waals surface area contributed by atoms with Gasteiger partial charge in [-0.15, -0.1) is 0 Å². The van der Waals surface area contributed by atoms with Crippen LogP contribution in [0.5, 0.6) is 0 Å². The molecule has 0 saturated heterocycles. The molecule has 1 aliphatic heterocycles. The zero-order valence-corrected chi connectivity index (χ0v) is 17.7. The average molecular weight is 439 g/mol. The molecule has 0 spiro atoms. The SMILES string of the molecule is CO/N=C(\C)C1(C)CC(c2cc(-n3c(=O)n(C)c(=N)n(C)c3=O)c(F)cc2Cl)=NO1. The van der Waals surface area contributed by atoms with Crippen molar-refractivity contribution in [3.05, 3.63) is 55.1 Å². The van der Waals surface area contributed by atoms with Gasteiger partial charge in [-0.1, -0.05) is 21.9 Å². The molecule has 0 saturated carbocycles. The highest BCUT2D eigenvalue weighted by Crippen LogP contribution is 2.32.